The molecule has 1 aromatic carbocycles. The van der Waals surface area contributed by atoms with E-state index in [4.69, 9.17) is 23.2 Å². The number of nitrogens with zero attached hydrogens (tertiary/aromatic N) is 3. The highest BCUT2D eigenvalue weighted by Gasteiger charge is 2.22. The summed E-state index contributed by atoms with van der Waals surface area (Å²) in [5, 5.41) is 16.0. The second-order valence-electron chi connectivity index (χ2n) is 5.26. The van der Waals surface area contributed by atoms with Crippen LogP contribution in [0.15, 0.2) is 24.4 Å². The van der Waals surface area contributed by atoms with E-state index in [1.54, 1.807) is 16.9 Å². The monoisotopic (exact) mass is 327 g/mol. The topological polar surface area (TPSA) is 41.3 Å². The predicted octanol–water partition coefficient (Wildman–Crippen LogP) is 3.14. The zero-order valence-electron chi connectivity index (χ0n) is 12.3. The van der Waals surface area contributed by atoms with Crippen molar-refractivity contribution in [3.8, 4) is 0 Å². The average Bonchev–Trinajstić information content (AvgIpc) is 2.80. The Morgan fingerprint density at radius 1 is 1.29 bits per heavy atom. The van der Waals surface area contributed by atoms with Crippen molar-refractivity contribution in [3.63, 3.8) is 0 Å². The molecule has 21 heavy (non-hydrogen) atoms. The van der Waals surface area contributed by atoms with E-state index in [9.17, 15) is 5.11 Å². The molecule has 0 fully saturated rings. The Morgan fingerprint density at radius 2 is 2.00 bits per heavy atom. The van der Waals surface area contributed by atoms with Crippen LogP contribution in [-0.2, 0) is 6.54 Å². The maximum Gasteiger partial charge on any atom is 0.122 e. The zero-order valence-corrected chi connectivity index (χ0v) is 13.9. The van der Waals surface area contributed by atoms with Crippen LogP contribution in [-0.4, -0.2) is 40.4 Å². The Labute approximate surface area is 134 Å². The van der Waals surface area contributed by atoms with E-state index in [0.717, 1.165) is 17.7 Å². The van der Waals surface area contributed by atoms with Crippen molar-refractivity contribution in [1.29, 1.82) is 0 Å². The van der Waals surface area contributed by atoms with Gasteiger partial charge in [0.05, 0.1) is 23.5 Å². The summed E-state index contributed by atoms with van der Waals surface area (Å²) < 4.78 is 1.74. The lowest BCUT2D eigenvalue weighted by molar-refractivity contribution is 0.205. The van der Waals surface area contributed by atoms with Gasteiger partial charge in [-0.25, -0.2) is 0 Å². The van der Waals surface area contributed by atoms with Gasteiger partial charge in [-0.05, 0) is 38.2 Å². The summed E-state index contributed by atoms with van der Waals surface area (Å²) in [6, 6.07) is 5.48. The predicted molar refractivity (Wildman–Crippen MR) is 86.0 cm³/mol. The van der Waals surface area contributed by atoms with Crippen LogP contribution in [0, 0.1) is 6.92 Å². The van der Waals surface area contributed by atoms with Crippen molar-refractivity contribution >= 4 is 23.2 Å². The SMILES string of the molecule is Cc1c(Cl)cccc1C(O)c1c(Cl)cnn1CCN(C)C. The van der Waals surface area contributed by atoms with E-state index >= 15 is 0 Å². The summed E-state index contributed by atoms with van der Waals surface area (Å²) in [5.41, 5.74) is 2.20. The van der Waals surface area contributed by atoms with Crippen LogP contribution in [0.1, 0.15) is 22.9 Å². The number of hydrogen-bond acceptors (Lipinski definition) is 3. The number of aliphatic hydroxyl groups is 1. The van der Waals surface area contributed by atoms with Crippen LogP contribution < -0.4 is 0 Å². The average molecular weight is 328 g/mol. The molecule has 2 aromatic rings. The minimum Gasteiger partial charge on any atom is -0.382 e. The highest BCUT2D eigenvalue weighted by molar-refractivity contribution is 6.31. The van der Waals surface area contributed by atoms with Crippen molar-refractivity contribution < 1.29 is 5.11 Å². The third-order valence-corrected chi connectivity index (χ3v) is 4.16. The third kappa shape index (κ3) is 3.58. The molecule has 0 bridgehead atoms. The molecule has 0 aliphatic carbocycles. The number of rotatable bonds is 5. The maximum absolute atomic E-state index is 10.7. The highest BCUT2D eigenvalue weighted by Crippen LogP contribution is 2.32. The number of aromatic nitrogens is 2. The number of benzene rings is 1. The molecule has 1 unspecified atom stereocenters. The van der Waals surface area contributed by atoms with Gasteiger partial charge in [-0.1, -0.05) is 35.3 Å². The van der Waals surface area contributed by atoms with Crippen LogP contribution in [0.5, 0.6) is 0 Å². The van der Waals surface area contributed by atoms with Crippen LogP contribution >= 0.6 is 23.2 Å². The minimum absolute atomic E-state index is 0.459. The molecular weight excluding hydrogens is 309 g/mol. The van der Waals surface area contributed by atoms with E-state index in [-0.39, 0.29) is 0 Å². The summed E-state index contributed by atoms with van der Waals surface area (Å²) in [6.07, 6.45) is 0.719. The smallest absolute Gasteiger partial charge is 0.122 e. The summed E-state index contributed by atoms with van der Waals surface area (Å²) in [7, 11) is 3.98. The molecular formula is C15H19Cl2N3O. The zero-order chi connectivity index (χ0) is 15.6. The first kappa shape index (κ1) is 16.3. The van der Waals surface area contributed by atoms with Gasteiger partial charge in [0.15, 0.2) is 0 Å². The summed E-state index contributed by atoms with van der Waals surface area (Å²) in [6.45, 7) is 3.35. The fraction of sp³-hybridized carbons (Fsp3) is 0.400. The lowest BCUT2D eigenvalue weighted by Crippen LogP contribution is -2.21. The van der Waals surface area contributed by atoms with Gasteiger partial charge in [0.2, 0.25) is 0 Å². The molecule has 2 rings (SSSR count). The second-order valence-corrected chi connectivity index (χ2v) is 6.08. The van der Waals surface area contributed by atoms with Gasteiger partial charge < -0.3 is 10.0 Å². The van der Waals surface area contributed by atoms with E-state index < -0.39 is 6.10 Å². The first-order chi connectivity index (χ1) is 9.91. The van der Waals surface area contributed by atoms with E-state index in [1.807, 2.05) is 33.2 Å². The van der Waals surface area contributed by atoms with Crippen LogP contribution in [0.3, 0.4) is 0 Å². The molecule has 0 aliphatic heterocycles. The van der Waals surface area contributed by atoms with Gasteiger partial charge in [-0.3, -0.25) is 4.68 Å². The van der Waals surface area contributed by atoms with Crippen LogP contribution in [0.4, 0.5) is 0 Å². The molecule has 6 heteroatoms. The van der Waals surface area contributed by atoms with Gasteiger partial charge in [0.25, 0.3) is 0 Å². The van der Waals surface area contributed by atoms with E-state index in [1.165, 1.54) is 0 Å². The molecule has 0 radical (unpaired) electrons. The fourth-order valence-electron chi connectivity index (χ4n) is 2.18. The Balaban J connectivity index is 2.36. The van der Waals surface area contributed by atoms with Crippen molar-refractivity contribution in [3.05, 3.63) is 51.3 Å². The Morgan fingerprint density at radius 3 is 2.67 bits per heavy atom. The second kappa shape index (κ2) is 6.79. The van der Waals surface area contributed by atoms with Crippen LogP contribution in [0.2, 0.25) is 10.0 Å². The van der Waals surface area contributed by atoms with Crippen molar-refractivity contribution in [1.82, 2.24) is 14.7 Å². The molecule has 0 saturated carbocycles. The maximum atomic E-state index is 10.7. The van der Waals surface area contributed by atoms with Crippen molar-refractivity contribution in [2.75, 3.05) is 20.6 Å². The first-order valence-corrected chi connectivity index (χ1v) is 7.46. The van der Waals surface area contributed by atoms with Gasteiger partial charge in [0, 0.05) is 11.6 Å². The lowest BCUT2D eigenvalue weighted by atomic mass is 10.0. The fourth-order valence-corrected chi connectivity index (χ4v) is 2.61. The molecule has 0 saturated heterocycles. The lowest BCUT2D eigenvalue weighted by Gasteiger charge is -2.18. The van der Waals surface area contributed by atoms with Gasteiger partial charge in [-0.15, -0.1) is 0 Å². The quantitative estimate of drug-likeness (QED) is 0.917. The number of halogens is 2. The molecule has 1 N–H and O–H groups in total. The number of aliphatic hydroxyl groups excluding tert-OH is 1. The first-order valence-electron chi connectivity index (χ1n) is 6.70. The van der Waals surface area contributed by atoms with Crippen molar-refractivity contribution in [2.45, 2.75) is 19.6 Å². The molecule has 4 nitrogen and oxygen atoms in total. The van der Waals surface area contributed by atoms with Crippen molar-refractivity contribution in [2.24, 2.45) is 0 Å². The Kier molecular flexibility index (Phi) is 5.27. The van der Waals surface area contributed by atoms with Crippen LogP contribution in [0.25, 0.3) is 0 Å². The summed E-state index contributed by atoms with van der Waals surface area (Å²) >= 11 is 12.3. The molecule has 0 spiro atoms. The Hall–Kier alpha value is -1.07. The molecule has 0 amide bonds. The number of likely N-dealkylation sites (N-methyl/N-ethyl adjacent to an activating group) is 1. The standard InChI is InChI=1S/C15H19Cl2N3O/c1-10-11(5-4-6-12(10)16)15(21)14-13(17)9-18-20(14)8-7-19(2)3/h4-6,9,15,21H,7-8H2,1-3H3. The molecule has 1 atom stereocenters. The van der Waals surface area contributed by atoms with Gasteiger partial charge in [0.1, 0.15) is 6.10 Å². The summed E-state index contributed by atoms with van der Waals surface area (Å²) in [4.78, 5) is 2.05. The van der Waals surface area contributed by atoms with Gasteiger partial charge >= 0.3 is 0 Å². The molecule has 114 valence electrons. The number of hydrogen-bond donors (Lipinski definition) is 1. The molecule has 1 heterocycles. The normalized spacial score (nSPS) is 12.9. The Bertz CT molecular complexity index is 625. The van der Waals surface area contributed by atoms with E-state index in [0.29, 0.717) is 22.3 Å². The molecule has 1 aromatic heterocycles. The van der Waals surface area contributed by atoms with Gasteiger partial charge in [-0.2, -0.15) is 5.10 Å². The molecule has 0 aliphatic rings. The largest absolute Gasteiger partial charge is 0.382 e. The minimum atomic E-state index is -0.846. The van der Waals surface area contributed by atoms with E-state index in [2.05, 4.69) is 10.00 Å². The highest BCUT2D eigenvalue weighted by atomic mass is 35.5. The summed E-state index contributed by atoms with van der Waals surface area (Å²) in [5.74, 6) is 0. The third-order valence-electron chi connectivity index (χ3n) is 3.46.